The SMILES string of the molecule is CCCS(=O)(=O)Nc1cccc(C(=O)Nc2cccc(NC(=O)OCCOC)c2)c1. The Kier molecular flexibility index (Phi) is 8.63. The summed E-state index contributed by atoms with van der Waals surface area (Å²) in [4.78, 5) is 24.3. The summed E-state index contributed by atoms with van der Waals surface area (Å²) >= 11 is 0. The largest absolute Gasteiger partial charge is 0.447 e. The van der Waals surface area contributed by atoms with Gasteiger partial charge in [-0.2, -0.15) is 0 Å². The van der Waals surface area contributed by atoms with Gasteiger partial charge in [0.05, 0.1) is 12.4 Å². The van der Waals surface area contributed by atoms with Crippen LogP contribution in [0.2, 0.25) is 0 Å². The van der Waals surface area contributed by atoms with E-state index in [9.17, 15) is 18.0 Å². The van der Waals surface area contributed by atoms with Crippen molar-refractivity contribution in [2.75, 3.05) is 41.4 Å². The van der Waals surface area contributed by atoms with E-state index in [1.807, 2.05) is 0 Å². The fraction of sp³-hybridized carbons (Fsp3) is 0.300. The summed E-state index contributed by atoms with van der Waals surface area (Å²) in [5.74, 6) is -0.428. The van der Waals surface area contributed by atoms with Crippen LogP contribution in [0.4, 0.5) is 21.9 Å². The first-order chi connectivity index (χ1) is 14.3. The molecule has 9 nitrogen and oxygen atoms in total. The van der Waals surface area contributed by atoms with Crippen molar-refractivity contribution in [1.29, 1.82) is 0 Å². The Balaban J connectivity index is 2.02. The lowest BCUT2D eigenvalue weighted by Gasteiger charge is -2.11. The number of hydrogen-bond acceptors (Lipinski definition) is 6. The lowest BCUT2D eigenvalue weighted by molar-refractivity contribution is 0.102. The molecule has 0 fully saturated rings. The Morgan fingerprint density at radius 3 is 2.30 bits per heavy atom. The van der Waals surface area contributed by atoms with E-state index in [1.165, 1.54) is 13.2 Å². The lowest BCUT2D eigenvalue weighted by atomic mass is 10.2. The fourth-order valence-corrected chi connectivity index (χ4v) is 3.60. The minimum absolute atomic E-state index is 0.00286. The minimum atomic E-state index is -3.45. The van der Waals surface area contributed by atoms with Crippen LogP contribution < -0.4 is 15.4 Å². The van der Waals surface area contributed by atoms with Crippen molar-refractivity contribution in [2.24, 2.45) is 0 Å². The molecule has 2 aromatic rings. The molecule has 162 valence electrons. The number of hydrogen-bond donors (Lipinski definition) is 3. The van der Waals surface area contributed by atoms with Crippen molar-refractivity contribution < 1.29 is 27.5 Å². The number of methoxy groups -OCH3 is 1. The second kappa shape index (κ2) is 11.2. The number of ether oxygens (including phenoxy) is 2. The van der Waals surface area contributed by atoms with E-state index in [1.54, 1.807) is 49.4 Å². The molecule has 2 aromatic carbocycles. The maximum atomic E-state index is 12.6. The summed E-state index contributed by atoms with van der Waals surface area (Å²) in [5.41, 5.74) is 1.48. The molecular formula is C20H25N3O6S. The van der Waals surface area contributed by atoms with Crippen molar-refractivity contribution in [3.8, 4) is 0 Å². The maximum Gasteiger partial charge on any atom is 0.411 e. The van der Waals surface area contributed by atoms with Crippen molar-refractivity contribution in [3.05, 3.63) is 54.1 Å². The van der Waals surface area contributed by atoms with Crippen LogP contribution in [-0.4, -0.2) is 46.5 Å². The van der Waals surface area contributed by atoms with Crippen LogP contribution in [0.25, 0.3) is 0 Å². The monoisotopic (exact) mass is 435 g/mol. The lowest BCUT2D eigenvalue weighted by Crippen LogP contribution is -2.17. The normalized spacial score (nSPS) is 10.9. The molecule has 0 heterocycles. The molecule has 0 unspecified atom stereocenters. The number of amides is 2. The second-order valence-electron chi connectivity index (χ2n) is 6.29. The highest BCUT2D eigenvalue weighted by atomic mass is 32.2. The number of nitrogens with one attached hydrogen (secondary N) is 3. The zero-order chi connectivity index (χ0) is 22.0. The van der Waals surface area contributed by atoms with Crippen LogP contribution >= 0.6 is 0 Å². The van der Waals surface area contributed by atoms with Gasteiger partial charge < -0.3 is 14.8 Å². The molecule has 0 aliphatic heterocycles. The fourth-order valence-electron chi connectivity index (χ4n) is 2.47. The van der Waals surface area contributed by atoms with Gasteiger partial charge in [-0.15, -0.1) is 0 Å². The Hall–Kier alpha value is -3.11. The Morgan fingerprint density at radius 2 is 1.60 bits per heavy atom. The standard InChI is InChI=1S/C20H25N3O6S/c1-3-12-30(26,27)23-18-9-4-6-15(13-18)19(24)21-16-7-5-8-17(14-16)22-20(25)29-11-10-28-2/h4-9,13-14,23H,3,10-12H2,1-2H3,(H,21,24)(H,22,25). The third kappa shape index (κ3) is 7.72. The number of carbonyl (C=O) groups excluding carboxylic acids is 2. The first-order valence-corrected chi connectivity index (χ1v) is 10.9. The molecular weight excluding hydrogens is 410 g/mol. The minimum Gasteiger partial charge on any atom is -0.447 e. The molecule has 0 aliphatic rings. The number of benzene rings is 2. The molecule has 2 amide bonds. The van der Waals surface area contributed by atoms with Crippen molar-refractivity contribution in [2.45, 2.75) is 13.3 Å². The van der Waals surface area contributed by atoms with Gasteiger partial charge >= 0.3 is 6.09 Å². The molecule has 0 saturated carbocycles. The van der Waals surface area contributed by atoms with Crippen molar-refractivity contribution in [3.63, 3.8) is 0 Å². The number of carbonyl (C=O) groups is 2. The van der Waals surface area contributed by atoms with Crippen LogP contribution in [0.1, 0.15) is 23.7 Å². The van der Waals surface area contributed by atoms with E-state index < -0.39 is 22.0 Å². The van der Waals surface area contributed by atoms with E-state index in [0.29, 0.717) is 23.5 Å². The van der Waals surface area contributed by atoms with Crippen LogP contribution in [-0.2, 0) is 19.5 Å². The van der Waals surface area contributed by atoms with Crippen LogP contribution in [0, 0.1) is 0 Å². The van der Waals surface area contributed by atoms with Gasteiger partial charge in [-0.25, -0.2) is 13.2 Å². The molecule has 0 bridgehead atoms. The van der Waals surface area contributed by atoms with E-state index in [4.69, 9.17) is 9.47 Å². The van der Waals surface area contributed by atoms with Gasteiger partial charge in [0.2, 0.25) is 10.0 Å². The van der Waals surface area contributed by atoms with Gasteiger partial charge in [0, 0.05) is 29.7 Å². The molecule has 0 spiro atoms. The van der Waals surface area contributed by atoms with Gasteiger partial charge in [-0.05, 0) is 42.8 Å². The third-order valence-electron chi connectivity index (χ3n) is 3.76. The van der Waals surface area contributed by atoms with E-state index in [0.717, 1.165) is 0 Å². The molecule has 0 radical (unpaired) electrons. The van der Waals surface area contributed by atoms with Gasteiger partial charge in [-0.3, -0.25) is 14.8 Å². The highest BCUT2D eigenvalue weighted by Crippen LogP contribution is 2.18. The molecule has 0 aromatic heterocycles. The molecule has 3 N–H and O–H groups in total. The van der Waals surface area contributed by atoms with Gasteiger partial charge in [0.15, 0.2) is 0 Å². The maximum absolute atomic E-state index is 12.6. The number of rotatable bonds is 10. The van der Waals surface area contributed by atoms with Crippen LogP contribution in [0.5, 0.6) is 0 Å². The summed E-state index contributed by atoms with van der Waals surface area (Å²) in [6, 6.07) is 12.7. The summed E-state index contributed by atoms with van der Waals surface area (Å²) in [6.07, 6.45) is -0.151. The van der Waals surface area contributed by atoms with E-state index in [2.05, 4.69) is 15.4 Å². The van der Waals surface area contributed by atoms with E-state index in [-0.39, 0.29) is 24.5 Å². The average molecular weight is 436 g/mol. The summed E-state index contributed by atoms with van der Waals surface area (Å²) in [7, 11) is -1.95. The number of sulfonamides is 1. The second-order valence-corrected chi connectivity index (χ2v) is 8.13. The summed E-state index contributed by atoms with van der Waals surface area (Å²) in [5, 5.41) is 5.27. The van der Waals surface area contributed by atoms with Crippen LogP contribution in [0.15, 0.2) is 48.5 Å². The molecule has 10 heteroatoms. The predicted octanol–water partition coefficient (Wildman–Crippen LogP) is 3.29. The van der Waals surface area contributed by atoms with Gasteiger partial charge in [-0.1, -0.05) is 19.1 Å². The zero-order valence-corrected chi connectivity index (χ0v) is 17.6. The topological polar surface area (TPSA) is 123 Å². The van der Waals surface area contributed by atoms with Crippen molar-refractivity contribution >= 4 is 39.1 Å². The van der Waals surface area contributed by atoms with Crippen LogP contribution in [0.3, 0.4) is 0 Å². The van der Waals surface area contributed by atoms with Gasteiger partial charge in [0.1, 0.15) is 6.61 Å². The Morgan fingerprint density at radius 1 is 0.933 bits per heavy atom. The highest BCUT2D eigenvalue weighted by molar-refractivity contribution is 7.92. The molecule has 30 heavy (non-hydrogen) atoms. The Bertz CT molecular complexity index is 978. The summed E-state index contributed by atoms with van der Waals surface area (Å²) in [6.45, 7) is 2.18. The highest BCUT2D eigenvalue weighted by Gasteiger charge is 2.12. The number of anilines is 3. The molecule has 2 rings (SSSR count). The molecule has 0 aliphatic carbocycles. The first kappa shape index (κ1) is 23.2. The quantitative estimate of drug-likeness (QED) is 0.492. The van der Waals surface area contributed by atoms with Gasteiger partial charge in [0.25, 0.3) is 5.91 Å². The summed E-state index contributed by atoms with van der Waals surface area (Å²) < 4.78 is 36.0. The molecule has 0 atom stereocenters. The predicted molar refractivity (Wildman–Crippen MR) is 115 cm³/mol. The third-order valence-corrected chi connectivity index (χ3v) is 5.25. The average Bonchev–Trinajstić information content (AvgIpc) is 2.68. The smallest absolute Gasteiger partial charge is 0.411 e. The molecule has 0 saturated heterocycles. The van der Waals surface area contributed by atoms with Crippen molar-refractivity contribution in [1.82, 2.24) is 0 Å². The first-order valence-electron chi connectivity index (χ1n) is 9.27. The Labute approximate surface area is 175 Å². The zero-order valence-electron chi connectivity index (χ0n) is 16.8. The van der Waals surface area contributed by atoms with E-state index >= 15 is 0 Å².